The van der Waals surface area contributed by atoms with Gasteiger partial charge < -0.3 is 10.1 Å². The summed E-state index contributed by atoms with van der Waals surface area (Å²) in [7, 11) is 0. The minimum Gasteiger partial charge on any atom is -0.489 e. The molecular formula is C22H28N2O. The fourth-order valence-corrected chi connectivity index (χ4v) is 3.38. The third-order valence-corrected chi connectivity index (χ3v) is 4.65. The van der Waals surface area contributed by atoms with Gasteiger partial charge in [-0.15, -0.1) is 6.58 Å². The maximum absolute atomic E-state index is 6.20. The zero-order chi connectivity index (χ0) is 17.5. The Morgan fingerprint density at radius 2 is 1.76 bits per heavy atom. The molecule has 0 aliphatic carbocycles. The molecule has 0 radical (unpaired) electrons. The fraction of sp³-hybridized carbons (Fsp3) is 0.364. The van der Waals surface area contributed by atoms with Gasteiger partial charge in [0.1, 0.15) is 12.4 Å². The van der Waals surface area contributed by atoms with Crippen molar-refractivity contribution in [1.29, 1.82) is 0 Å². The van der Waals surface area contributed by atoms with Crippen LogP contribution in [-0.4, -0.2) is 31.1 Å². The lowest BCUT2D eigenvalue weighted by Crippen LogP contribution is -2.45. The fourth-order valence-electron chi connectivity index (χ4n) is 3.38. The molecule has 1 aliphatic heterocycles. The van der Waals surface area contributed by atoms with Crippen LogP contribution in [0, 0.1) is 0 Å². The molecule has 1 saturated heterocycles. The third-order valence-electron chi connectivity index (χ3n) is 4.65. The number of hydrogen-bond donors (Lipinski definition) is 1. The standard InChI is InChI=1S/C22H28N2O/c1-18(2)16-21(24-14-12-23-13-15-24)20-10-6-7-11-22(20)25-17-19-8-4-3-5-9-19/h3-11,21,23H,1,12-17H2,2H3/t21-/m0/s1. The minimum absolute atomic E-state index is 0.326. The average Bonchev–Trinajstić information content (AvgIpc) is 2.66. The molecule has 3 heteroatoms. The highest BCUT2D eigenvalue weighted by atomic mass is 16.5. The van der Waals surface area contributed by atoms with E-state index in [2.05, 4.69) is 72.3 Å². The summed E-state index contributed by atoms with van der Waals surface area (Å²) >= 11 is 0. The number of nitrogens with zero attached hydrogens (tertiary/aromatic N) is 1. The zero-order valence-corrected chi connectivity index (χ0v) is 15.1. The molecule has 1 heterocycles. The first kappa shape index (κ1) is 17.7. The van der Waals surface area contributed by atoms with Crippen molar-refractivity contribution in [3.8, 4) is 5.75 Å². The summed E-state index contributed by atoms with van der Waals surface area (Å²) in [5.74, 6) is 0.983. The van der Waals surface area contributed by atoms with E-state index in [1.807, 2.05) is 6.07 Å². The monoisotopic (exact) mass is 336 g/mol. The molecule has 2 aromatic carbocycles. The van der Waals surface area contributed by atoms with Crippen molar-refractivity contribution in [2.45, 2.75) is 26.0 Å². The van der Waals surface area contributed by atoms with Gasteiger partial charge in [0.05, 0.1) is 0 Å². The first-order valence-electron chi connectivity index (χ1n) is 9.09. The van der Waals surface area contributed by atoms with Gasteiger partial charge in [-0.2, -0.15) is 0 Å². The van der Waals surface area contributed by atoms with Crippen LogP contribution >= 0.6 is 0 Å². The van der Waals surface area contributed by atoms with Gasteiger partial charge in [-0.25, -0.2) is 0 Å². The topological polar surface area (TPSA) is 24.5 Å². The van der Waals surface area contributed by atoms with E-state index in [-0.39, 0.29) is 0 Å². The van der Waals surface area contributed by atoms with Gasteiger partial charge in [0.2, 0.25) is 0 Å². The van der Waals surface area contributed by atoms with Crippen molar-refractivity contribution in [2.24, 2.45) is 0 Å². The summed E-state index contributed by atoms with van der Waals surface area (Å²) in [5.41, 5.74) is 3.67. The molecule has 0 spiro atoms. The number of para-hydroxylation sites is 1. The molecule has 1 N–H and O–H groups in total. The molecule has 3 nitrogen and oxygen atoms in total. The van der Waals surface area contributed by atoms with Crippen LogP contribution in [0.1, 0.15) is 30.5 Å². The molecule has 3 rings (SSSR count). The number of rotatable bonds is 7. The largest absolute Gasteiger partial charge is 0.489 e. The van der Waals surface area contributed by atoms with E-state index in [0.29, 0.717) is 12.6 Å². The summed E-state index contributed by atoms with van der Waals surface area (Å²) in [4.78, 5) is 2.55. The molecule has 0 amide bonds. The highest BCUT2D eigenvalue weighted by Gasteiger charge is 2.24. The molecule has 25 heavy (non-hydrogen) atoms. The second-order valence-electron chi connectivity index (χ2n) is 6.78. The molecular weight excluding hydrogens is 308 g/mol. The highest BCUT2D eigenvalue weighted by Crippen LogP contribution is 2.34. The lowest BCUT2D eigenvalue weighted by Gasteiger charge is -2.36. The summed E-state index contributed by atoms with van der Waals surface area (Å²) in [6.07, 6.45) is 0.964. The first-order chi connectivity index (χ1) is 12.2. The first-order valence-corrected chi connectivity index (χ1v) is 9.09. The number of ether oxygens (including phenoxy) is 1. The van der Waals surface area contributed by atoms with Crippen LogP contribution in [0.2, 0.25) is 0 Å². The van der Waals surface area contributed by atoms with Crippen LogP contribution in [0.3, 0.4) is 0 Å². The van der Waals surface area contributed by atoms with E-state index < -0.39 is 0 Å². The molecule has 1 aliphatic rings. The molecule has 1 atom stereocenters. The van der Waals surface area contributed by atoms with E-state index in [9.17, 15) is 0 Å². The van der Waals surface area contributed by atoms with Gasteiger partial charge >= 0.3 is 0 Å². The maximum atomic E-state index is 6.20. The molecule has 132 valence electrons. The second kappa shape index (κ2) is 8.84. The van der Waals surface area contributed by atoms with Gasteiger partial charge in [-0.05, 0) is 25.0 Å². The molecule has 0 aromatic heterocycles. The lowest BCUT2D eigenvalue weighted by molar-refractivity contribution is 0.167. The van der Waals surface area contributed by atoms with E-state index >= 15 is 0 Å². The Labute approximate surface area is 151 Å². The number of hydrogen-bond acceptors (Lipinski definition) is 3. The third kappa shape index (κ3) is 4.94. The number of piperazine rings is 1. The zero-order valence-electron chi connectivity index (χ0n) is 15.1. The SMILES string of the molecule is C=C(C)C[C@@H](c1ccccc1OCc1ccccc1)N1CCNCC1. The Morgan fingerprint density at radius 3 is 2.48 bits per heavy atom. The highest BCUT2D eigenvalue weighted by molar-refractivity contribution is 5.37. The van der Waals surface area contributed by atoms with Gasteiger partial charge in [-0.1, -0.05) is 54.1 Å². The average molecular weight is 336 g/mol. The predicted octanol–water partition coefficient (Wildman–Crippen LogP) is 4.18. The van der Waals surface area contributed by atoms with Crippen molar-refractivity contribution in [3.63, 3.8) is 0 Å². The van der Waals surface area contributed by atoms with Gasteiger partial charge in [0.15, 0.2) is 0 Å². The predicted molar refractivity (Wildman–Crippen MR) is 104 cm³/mol. The summed E-state index contributed by atoms with van der Waals surface area (Å²) < 4.78 is 6.20. The van der Waals surface area contributed by atoms with Crippen LogP contribution in [0.25, 0.3) is 0 Å². The van der Waals surface area contributed by atoms with Crippen molar-refractivity contribution in [3.05, 3.63) is 77.9 Å². The molecule has 0 bridgehead atoms. The Kier molecular flexibility index (Phi) is 6.26. The van der Waals surface area contributed by atoms with Crippen LogP contribution < -0.4 is 10.1 Å². The lowest BCUT2D eigenvalue weighted by atomic mass is 9.97. The second-order valence-corrected chi connectivity index (χ2v) is 6.78. The van der Waals surface area contributed by atoms with Gasteiger partial charge in [0, 0.05) is 37.8 Å². The van der Waals surface area contributed by atoms with Crippen LogP contribution in [-0.2, 0) is 6.61 Å². The maximum Gasteiger partial charge on any atom is 0.124 e. The molecule has 0 saturated carbocycles. The Bertz CT molecular complexity index is 677. The number of benzene rings is 2. The van der Waals surface area contributed by atoms with Crippen LogP contribution in [0.15, 0.2) is 66.7 Å². The molecule has 0 unspecified atom stereocenters. The minimum atomic E-state index is 0.326. The quantitative estimate of drug-likeness (QED) is 0.768. The Hall–Kier alpha value is -2.10. The van der Waals surface area contributed by atoms with Crippen molar-refractivity contribution >= 4 is 0 Å². The summed E-state index contributed by atoms with van der Waals surface area (Å²) in [6.45, 7) is 11.1. The van der Waals surface area contributed by atoms with Crippen molar-refractivity contribution in [1.82, 2.24) is 10.2 Å². The summed E-state index contributed by atoms with van der Waals surface area (Å²) in [6, 6.07) is 19.1. The van der Waals surface area contributed by atoms with Crippen molar-refractivity contribution < 1.29 is 4.74 Å². The molecule has 2 aromatic rings. The normalized spacial score (nSPS) is 16.4. The van der Waals surface area contributed by atoms with Crippen LogP contribution in [0.4, 0.5) is 0 Å². The molecule has 1 fully saturated rings. The van der Waals surface area contributed by atoms with E-state index in [0.717, 1.165) is 38.3 Å². The summed E-state index contributed by atoms with van der Waals surface area (Å²) in [5, 5.41) is 3.44. The van der Waals surface area contributed by atoms with Crippen LogP contribution in [0.5, 0.6) is 5.75 Å². The Morgan fingerprint density at radius 1 is 1.08 bits per heavy atom. The number of nitrogens with one attached hydrogen (secondary N) is 1. The van der Waals surface area contributed by atoms with E-state index in [1.165, 1.54) is 16.7 Å². The van der Waals surface area contributed by atoms with E-state index in [4.69, 9.17) is 4.74 Å². The van der Waals surface area contributed by atoms with Gasteiger partial charge in [0.25, 0.3) is 0 Å². The van der Waals surface area contributed by atoms with Gasteiger partial charge in [-0.3, -0.25) is 4.90 Å². The Balaban J connectivity index is 1.81. The van der Waals surface area contributed by atoms with Crippen molar-refractivity contribution in [2.75, 3.05) is 26.2 Å². The smallest absolute Gasteiger partial charge is 0.124 e. The van der Waals surface area contributed by atoms with E-state index in [1.54, 1.807) is 0 Å².